The number of methoxy groups -OCH3 is 1. The van der Waals surface area contributed by atoms with Crippen molar-refractivity contribution in [3.63, 3.8) is 0 Å². The first kappa shape index (κ1) is 23.2. The number of quaternary nitrogens is 2. The summed E-state index contributed by atoms with van der Waals surface area (Å²) in [5, 5.41) is 3.16. The molecule has 7 heteroatoms. The highest BCUT2D eigenvalue weighted by Gasteiger charge is 2.24. The number of halogens is 2. The Morgan fingerprint density at radius 3 is 2.44 bits per heavy atom. The highest BCUT2D eigenvalue weighted by molar-refractivity contribution is 5.97. The summed E-state index contributed by atoms with van der Waals surface area (Å²) in [6, 6.07) is 16.2. The van der Waals surface area contributed by atoms with Gasteiger partial charge in [0.2, 0.25) is 0 Å². The Morgan fingerprint density at radius 1 is 1.15 bits per heavy atom. The molecule has 1 amide bonds. The van der Waals surface area contributed by atoms with E-state index >= 15 is 0 Å². The molecule has 148 valence electrons. The van der Waals surface area contributed by atoms with E-state index in [1.54, 1.807) is 24.1 Å². The summed E-state index contributed by atoms with van der Waals surface area (Å²) < 4.78 is 5.31. The molecule has 0 atom stereocenters. The van der Waals surface area contributed by atoms with Crippen molar-refractivity contribution < 1.29 is 45.0 Å². The molecule has 0 spiro atoms. The number of ether oxygens (including phenoxy) is 1. The van der Waals surface area contributed by atoms with Gasteiger partial charge in [-0.1, -0.05) is 30.3 Å². The van der Waals surface area contributed by atoms with Crippen LogP contribution in [0.2, 0.25) is 0 Å². The number of benzene rings is 2. The fraction of sp³-hybridized carbons (Fsp3) is 0.350. The van der Waals surface area contributed by atoms with Crippen LogP contribution in [-0.2, 0) is 6.54 Å². The highest BCUT2D eigenvalue weighted by Crippen LogP contribution is 2.21. The quantitative estimate of drug-likeness (QED) is 0.459. The first-order chi connectivity index (χ1) is 12.2. The van der Waals surface area contributed by atoms with Gasteiger partial charge in [-0.25, -0.2) is 0 Å². The maximum absolute atomic E-state index is 12.6. The maximum atomic E-state index is 12.6. The summed E-state index contributed by atoms with van der Waals surface area (Å²) in [5.74, 6) is 0.519. The second-order valence-electron chi connectivity index (χ2n) is 6.69. The molecular weight excluding hydrogens is 385 g/mol. The molecule has 3 rings (SSSR count). The second kappa shape index (κ2) is 11.1. The van der Waals surface area contributed by atoms with E-state index in [9.17, 15) is 4.79 Å². The lowest BCUT2D eigenvalue weighted by atomic mass is 10.0. The standard InChI is InChI=1S/C20H25N3O2.2ClH/c1-25-19-13-16(21)7-8-18(19)20(24)22-17-9-11-23(12-10-17)14-15-5-3-2-4-6-15;;/h2-8,13,17H,9-12,14,21H2,1H3,(H,22,24);2*1H. The lowest BCUT2D eigenvalue weighted by molar-refractivity contribution is -0.918. The van der Waals surface area contributed by atoms with Gasteiger partial charge in [-0.05, 0) is 12.1 Å². The van der Waals surface area contributed by atoms with Crippen LogP contribution in [0, 0.1) is 0 Å². The number of carbonyl (C=O) groups is 1. The van der Waals surface area contributed by atoms with Gasteiger partial charge in [-0.3, -0.25) is 4.79 Å². The van der Waals surface area contributed by atoms with Crippen LogP contribution in [-0.4, -0.2) is 32.1 Å². The van der Waals surface area contributed by atoms with Crippen molar-refractivity contribution in [1.29, 1.82) is 0 Å². The molecule has 0 radical (unpaired) electrons. The van der Waals surface area contributed by atoms with Gasteiger partial charge in [-0.2, -0.15) is 0 Å². The number of hydrogen-bond acceptors (Lipinski definition) is 2. The van der Waals surface area contributed by atoms with E-state index in [0.717, 1.165) is 38.2 Å². The monoisotopic (exact) mass is 411 g/mol. The second-order valence-corrected chi connectivity index (χ2v) is 6.69. The minimum absolute atomic E-state index is 0. The topological polar surface area (TPSA) is 70.4 Å². The van der Waals surface area contributed by atoms with Gasteiger partial charge in [0, 0.05) is 30.5 Å². The van der Waals surface area contributed by atoms with Crippen LogP contribution in [0.4, 0.5) is 5.69 Å². The highest BCUT2D eigenvalue weighted by atomic mass is 35.5. The number of rotatable bonds is 5. The Bertz CT molecular complexity index is 720. The normalized spacial score (nSPS) is 18.6. The molecule has 1 aliphatic heterocycles. The van der Waals surface area contributed by atoms with Crippen molar-refractivity contribution in [3.05, 3.63) is 59.7 Å². The lowest BCUT2D eigenvalue weighted by Crippen LogP contribution is -3.12. The van der Waals surface area contributed by atoms with E-state index < -0.39 is 0 Å². The SMILES string of the molecule is COc1cc([NH3+])ccc1C(=O)NC1CC[NH+](Cc2ccccc2)CC1.[Cl-].[Cl-]. The van der Waals surface area contributed by atoms with E-state index in [1.165, 1.54) is 5.56 Å². The van der Waals surface area contributed by atoms with Gasteiger partial charge < -0.3 is 45.5 Å². The third kappa shape index (κ3) is 6.40. The van der Waals surface area contributed by atoms with Crippen molar-refractivity contribution in [2.24, 2.45) is 0 Å². The van der Waals surface area contributed by atoms with Crippen LogP contribution in [0.3, 0.4) is 0 Å². The molecule has 0 saturated carbocycles. The zero-order chi connectivity index (χ0) is 17.6. The smallest absolute Gasteiger partial charge is 0.255 e. The van der Waals surface area contributed by atoms with E-state index in [4.69, 9.17) is 4.74 Å². The van der Waals surface area contributed by atoms with Gasteiger partial charge in [0.05, 0.1) is 25.8 Å². The number of hydrogen-bond donors (Lipinski definition) is 3. The minimum Gasteiger partial charge on any atom is -1.00 e. The van der Waals surface area contributed by atoms with Gasteiger partial charge in [-0.15, -0.1) is 0 Å². The zero-order valence-electron chi connectivity index (χ0n) is 15.5. The van der Waals surface area contributed by atoms with E-state index in [2.05, 4.69) is 41.4 Å². The summed E-state index contributed by atoms with van der Waals surface area (Å²) in [6.07, 6.45) is 2.01. The largest absolute Gasteiger partial charge is 1.00 e. The number of likely N-dealkylation sites (tertiary alicyclic amines) is 1. The molecule has 0 unspecified atom stereocenters. The zero-order valence-corrected chi connectivity index (χ0v) is 17.0. The predicted octanol–water partition coefficient (Wildman–Crippen LogP) is -5.45. The van der Waals surface area contributed by atoms with Crippen LogP contribution in [0.15, 0.2) is 48.5 Å². The predicted molar refractivity (Wildman–Crippen MR) is 96.9 cm³/mol. The van der Waals surface area contributed by atoms with E-state index in [1.807, 2.05) is 6.07 Å². The van der Waals surface area contributed by atoms with Crippen molar-refractivity contribution in [2.75, 3.05) is 20.2 Å². The van der Waals surface area contributed by atoms with Crippen LogP contribution in [0.5, 0.6) is 5.75 Å². The summed E-state index contributed by atoms with van der Waals surface area (Å²) in [4.78, 5) is 14.1. The Balaban J connectivity index is 0.00000182. The molecule has 27 heavy (non-hydrogen) atoms. The molecule has 0 bridgehead atoms. The van der Waals surface area contributed by atoms with Crippen molar-refractivity contribution in [3.8, 4) is 5.75 Å². The van der Waals surface area contributed by atoms with E-state index in [-0.39, 0.29) is 36.8 Å². The third-order valence-corrected chi connectivity index (χ3v) is 4.84. The van der Waals surface area contributed by atoms with Gasteiger partial charge in [0.1, 0.15) is 18.0 Å². The van der Waals surface area contributed by atoms with Gasteiger partial charge in [0.25, 0.3) is 5.91 Å². The third-order valence-electron chi connectivity index (χ3n) is 4.84. The Labute approximate surface area is 173 Å². The summed E-state index contributed by atoms with van der Waals surface area (Å²) in [7, 11) is 1.58. The Hall–Kier alpha value is -1.79. The summed E-state index contributed by atoms with van der Waals surface area (Å²) in [6.45, 7) is 3.21. The number of carbonyl (C=O) groups excluding carboxylic acids is 1. The molecule has 1 saturated heterocycles. The van der Waals surface area contributed by atoms with Crippen LogP contribution < -0.4 is 45.5 Å². The maximum Gasteiger partial charge on any atom is 0.255 e. The van der Waals surface area contributed by atoms with Crippen LogP contribution in [0.25, 0.3) is 0 Å². The van der Waals surface area contributed by atoms with E-state index in [0.29, 0.717) is 11.3 Å². The first-order valence-corrected chi connectivity index (χ1v) is 8.84. The van der Waals surface area contributed by atoms with Gasteiger partial charge in [0.15, 0.2) is 0 Å². The fourth-order valence-corrected chi connectivity index (χ4v) is 3.42. The van der Waals surface area contributed by atoms with Crippen molar-refractivity contribution >= 4 is 11.6 Å². The molecule has 2 aromatic carbocycles. The average Bonchev–Trinajstić information content (AvgIpc) is 2.64. The summed E-state index contributed by atoms with van der Waals surface area (Å²) >= 11 is 0. The fourth-order valence-electron chi connectivity index (χ4n) is 3.42. The Morgan fingerprint density at radius 2 is 1.81 bits per heavy atom. The van der Waals surface area contributed by atoms with Gasteiger partial charge >= 0.3 is 0 Å². The number of piperidine rings is 1. The van der Waals surface area contributed by atoms with Crippen molar-refractivity contribution in [1.82, 2.24) is 5.32 Å². The molecule has 5 nitrogen and oxygen atoms in total. The number of nitrogens with one attached hydrogen (secondary N) is 2. The molecule has 1 heterocycles. The Kier molecular flexibility index (Phi) is 9.60. The average molecular weight is 412 g/mol. The lowest BCUT2D eigenvalue weighted by Gasteiger charge is -2.30. The van der Waals surface area contributed by atoms with Crippen LogP contribution >= 0.6 is 0 Å². The molecule has 0 aliphatic carbocycles. The molecular formula is C20H27Cl2N3O2. The molecule has 1 aliphatic rings. The van der Waals surface area contributed by atoms with Crippen molar-refractivity contribution in [2.45, 2.75) is 25.4 Å². The minimum atomic E-state index is -0.0617. The first-order valence-electron chi connectivity index (χ1n) is 8.84. The summed E-state index contributed by atoms with van der Waals surface area (Å²) in [5.41, 5.74) is 6.66. The molecule has 2 aromatic rings. The molecule has 0 aromatic heterocycles. The molecule has 5 N–H and O–H groups in total. The number of amides is 1. The van der Waals surface area contributed by atoms with Crippen LogP contribution in [0.1, 0.15) is 28.8 Å². The molecule has 1 fully saturated rings.